The molecule has 80 valence electrons. The van der Waals surface area contributed by atoms with Crippen LogP contribution in [0, 0.1) is 0 Å². The van der Waals surface area contributed by atoms with Gasteiger partial charge in [-0.05, 0) is 36.6 Å². The van der Waals surface area contributed by atoms with Crippen LogP contribution in [-0.4, -0.2) is 6.61 Å². The summed E-state index contributed by atoms with van der Waals surface area (Å²) in [5, 5.41) is 0. The first-order chi connectivity index (χ1) is 7.27. The van der Waals surface area contributed by atoms with Gasteiger partial charge in [0.05, 0.1) is 6.61 Å². The van der Waals surface area contributed by atoms with Crippen LogP contribution in [0.25, 0.3) is 5.57 Å². The monoisotopic (exact) mass is 202 g/mol. The molecule has 0 atom stereocenters. The summed E-state index contributed by atoms with van der Waals surface area (Å²) in [4.78, 5) is 0. The summed E-state index contributed by atoms with van der Waals surface area (Å²) < 4.78 is 5.56. The minimum Gasteiger partial charge on any atom is -0.494 e. The Labute approximate surface area is 92.1 Å². The highest BCUT2D eigenvalue weighted by atomic mass is 16.5. The number of allylic oxidation sites excluding steroid dienone is 3. The van der Waals surface area contributed by atoms with Crippen LogP contribution in [0.4, 0.5) is 0 Å². The second-order valence-electron chi connectivity index (χ2n) is 3.40. The molecule has 0 aliphatic rings. The SMILES string of the molecule is C=C(/C=C\C)c1cccc(OCCC)c1. The van der Waals surface area contributed by atoms with Crippen LogP contribution in [-0.2, 0) is 0 Å². The van der Waals surface area contributed by atoms with Crippen LogP contribution >= 0.6 is 0 Å². The lowest BCUT2D eigenvalue weighted by Gasteiger charge is -2.06. The summed E-state index contributed by atoms with van der Waals surface area (Å²) >= 11 is 0. The lowest BCUT2D eigenvalue weighted by Crippen LogP contribution is -1.95. The van der Waals surface area contributed by atoms with Gasteiger partial charge in [0.25, 0.3) is 0 Å². The van der Waals surface area contributed by atoms with Crippen LogP contribution in [0.5, 0.6) is 5.75 Å². The maximum atomic E-state index is 5.56. The van der Waals surface area contributed by atoms with Gasteiger partial charge < -0.3 is 4.74 Å². The summed E-state index contributed by atoms with van der Waals surface area (Å²) in [5.41, 5.74) is 2.13. The Kier molecular flexibility index (Phi) is 4.69. The number of benzene rings is 1. The Bertz CT molecular complexity index is 350. The molecular weight excluding hydrogens is 184 g/mol. The normalized spacial score (nSPS) is 10.5. The average molecular weight is 202 g/mol. The molecule has 0 saturated heterocycles. The van der Waals surface area contributed by atoms with Crippen LogP contribution in [0.1, 0.15) is 25.8 Å². The summed E-state index contributed by atoms with van der Waals surface area (Å²) in [5.74, 6) is 0.917. The molecule has 0 N–H and O–H groups in total. The topological polar surface area (TPSA) is 9.23 Å². The third-order valence-corrected chi connectivity index (χ3v) is 2.05. The highest BCUT2D eigenvalue weighted by molar-refractivity contribution is 5.72. The molecule has 1 heteroatoms. The summed E-state index contributed by atoms with van der Waals surface area (Å²) in [6, 6.07) is 8.04. The first-order valence-corrected chi connectivity index (χ1v) is 5.32. The largest absolute Gasteiger partial charge is 0.494 e. The fraction of sp³-hybridized carbons (Fsp3) is 0.286. The molecule has 1 aromatic carbocycles. The van der Waals surface area contributed by atoms with Crippen molar-refractivity contribution in [2.75, 3.05) is 6.61 Å². The predicted octanol–water partition coefficient (Wildman–Crippen LogP) is 4.06. The molecule has 1 rings (SSSR count). The highest BCUT2D eigenvalue weighted by Gasteiger charge is 1.97. The fourth-order valence-corrected chi connectivity index (χ4v) is 1.30. The van der Waals surface area contributed by atoms with Gasteiger partial charge in [-0.15, -0.1) is 0 Å². The van der Waals surface area contributed by atoms with Gasteiger partial charge in [0, 0.05) is 0 Å². The van der Waals surface area contributed by atoms with E-state index >= 15 is 0 Å². The Balaban J connectivity index is 2.78. The zero-order chi connectivity index (χ0) is 11.1. The van der Waals surface area contributed by atoms with E-state index in [1.807, 2.05) is 43.3 Å². The standard InChI is InChI=1S/C14H18O/c1-4-7-12(3)13-8-6-9-14(11-13)15-10-5-2/h4,6-9,11H,3,5,10H2,1-2H3/b7-4-. The minimum atomic E-state index is 0.763. The van der Waals surface area contributed by atoms with Gasteiger partial charge in [-0.3, -0.25) is 0 Å². The van der Waals surface area contributed by atoms with Crippen molar-refractivity contribution in [3.63, 3.8) is 0 Å². The van der Waals surface area contributed by atoms with Crippen LogP contribution < -0.4 is 4.74 Å². The number of ether oxygens (including phenoxy) is 1. The maximum Gasteiger partial charge on any atom is 0.119 e. The van der Waals surface area contributed by atoms with Gasteiger partial charge in [0.2, 0.25) is 0 Å². The Morgan fingerprint density at radius 1 is 1.47 bits per heavy atom. The molecule has 0 aliphatic carbocycles. The second-order valence-corrected chi connectivity index (χ2v) is 3.40. The van der Waals surface area contributed by atoms with E-state index < -0.39 is 0 Å². The number of rotatable bonds is 5. The second kappa shape index (κ2) is 6.07. The molecular formula is C14H18O. The van der Waals surface area contributed by atoms with E-state index in [2.05, 4.69) is 13.5 Å². The van der Waals surface area contributed by atoms with Gasteiger partial charge >= 0.3 is 0 Å². The first kappa shape index (κ1) is 11.6. The lowest BCUT2D eigenvalue weighted by molar-refractivity contribution is 0.317. The van der Waals surface area contributed by atoms with Gasteiger partial charge in [-0.25, -0.2) is 0 Å². The summed E-state index contributed by atoms with van der Waals surface area (Å²) in [6.07, 6.45) is 5.01. The molecule has 0 saturated carbocycles. The van der Waals surface area contributed by atoms with E-state index in [9.17, 15) is 0 Å². The van der Waals surface area contributed by atoms with Crippen LogP contribution in [0.15, 0.2) is 43.0 Å². The van der Waals surface area contributed by atoms with E-state index in [0.717, 1.165) is 29.9 Å². The molecule has 0 aromatic heterocycles. The van der Waals surface area contributed by atoms with Crippen molar-refractivity contribution in [2.24, 2.45) is 0 Å². The van der Waals surface area contributed by atoms with Crippen LogP contribution in [0.2, 0.25) is 0 Å². The molecule has 1 nitrogen and oxygen atoms in total. The van der Waals surface area contributed by atoms with Gasteiger partial charge in [0.15, 0.2) is 0 Å². The Hall–Kier alpha value is -1.50. The molecule has 0 amide bonds. The van der Waals surface area contributed by atoms with Crippen LogP contribution in [0.3, 0.4) is 0 Å². The van der Waals surface area contributed by atoms with Crippen molar-refractivity contribution in [2.45, 2.75) is 20.3 Å². The molecule has 0 unspecified atom stereocenters. The molecule has 15 heavy (non-hydrogen) atoms. The molecule has 0 fully saturated rings. The minimum absolute atomic E-state index is 0.763. The molecule has 0 heterocycles. The molecule has 0 bridgehead atoms. The maximum absolute atomic E-state index is 5.56. The van der Waals surface area contributed by atoms with Gasteiger partial charge in [-0.1, -0.05) is 37.8 Å². The number of hydrogen-bond donors (Lipinski definition) is 0. The van der Waals surface area contributed by atoms with Crippen molar-refractivity contribution < 1.29 is 4.74 Å². The van der Waals surface area contributed by atoms with Crippen molar-refractivity contribution in [3.05, 3.63) is 48.6 Å². The quantitative estimate of drug-likeness (QED) is 0.654. The van der Waals surface area contributed by atoms with Gasteiger partial charge in [0.1, 0.15) is 5.75 Å². The third kappa shape index (κ3) is 3.62. The zero-order valence-electron chi connectivity index (χ0n) is 9.49. The Morgan fingerprint density at radius 2 is 2.27 bits per heavy atom. The fourth-order valence-electron chi connectivity index (χ4n) is 1.30. The highest BCUT2D eigenvalue weighted by Crippen LogP contribution is 2.19. The zero-order valence-corrected chi connectivity index (χ0v) is 9.49. The van der Waals surface area contributed by atoms with Gasteiger partial charge in [-0.2, -0.15) is 0 Å². The van der Waals surface area contributed by atoms with E-state index in [1.54, 1.807) is 0 Å². The molecule has 0 spiro atoms. The lowest BCUT2D eigenvalue weighted by atomic mass is 10.1. The molecule has 1 aromatic rings. The van der Waals surface area contributed by atoms with Crippen molar-refractivity contribution >= 4 is 5.57 Å². The smallest absolute Gasteiger partial charge is 0.119 e. The first-order valence-electron chi connectivity index (χ1n) is 5.32. The third-order valence-electron chi connectivity index (χ3n) is 2.05. The molecule has 0 aliphatic heterocycles. The summed E-state index contributed by atoms with van der Waals surface area (Å²) in [7, 11) is 0. The van der Waals surface area contributed by atoms with Crippen molar-refractivity contribution in [1.82, 2.24) is 0 Å². The summed E-state index contributed by atoms with van der Waals surface area (Å²) in [6.45, 7) is 8.85. The van der Waals surface area contributed by atoms with E-state index in [0.29, 0.717) is 0 Å². The van der Waals surface area contributed by atoms with E-state index in [1.165, 1.54) is 0 Å². The van der Waals surface area contributed by atoms with E-state index in [-0.39, 0.29) is 0 Å². The number of hydrogen-bond acceptors (Lipinski definition) is 1. The van der Waals surface area contributed by atoms with E-state index in [4.69, 9.17) is 4.74 Å². The average Bonchev–Trinajstić information content (AvgIpc) is 2.27. The Morgan fingerprint density at radius 3 is 2.93 bits per heavy atom. The molecule has 0 radical (unpaired) electrons. The van der Waals surface area contributed by atoms with Crippen molar-refractivity contribution in [1.29, 1.82) is 0 Å². The van der Waals surface area contributed by atoms with Crippen molar-refractivity contribution in [3.8, 4) is 5.75 Å². The predicted molar refractivity (Wildman–Crippen MR) is 66.1 cm³/mol.